The molecule has 0 bridgehead atoms. The summed E-state index contributed by atoms with van der Waals surface area (Å²) in [6.07, 6.45) is 68.0. The lowest BCUT2D eigenvalue weighted by Gasteiger charge is -2.24. The van der Waals surface area contributed by atoms with E-state index in [9.17, 15) is 19.8 Å². The van der Waals surface area contributed by atoms with Gasteiger partial charge in [-0.3, -0.25) is 9.59 Å². The van der Waals surface area contributed by atoms with Crippen LogP contribution in [0.15, 0.2) is 85.1 Å². The van der Waals surface area contributed by atoms with Gasteiger partial charge in [0.25, 0.3) is 0 Å². The standard InChI is InChI=1S/C59H103NO5/c1-4-7-10-13-16-19-22-25-27-29-31-34-36-39-42-45-48-51-57(62)56(54-61)60-58(63)53-55(50-47-44-41-38-35-33-30-28-26-23-20-17-14-11-8-5-2)65-59(64)52-49-46-43-40-37-32-24-21-18-15-12-9-6-3/h9,12,15,18,21,24,28,30,32-33,35,37,40,43,55-57,61-62H,4-8,10-11,13-14,16-17,19-20,22-23,25-27,29,31,34,36,38-39,41-42,44-54H2,1-3H3,(H,60,63)/b12-9+,18-15+,24-21-,30-28+,35-33+,37-32-,43-40+. The third-order valence-corrected chi connectivity index (χ3v) is 12.1. The number of carbonyl (C=O) groups excluding carboxylic acids is 2. The third-order valence-electron chi connectivity index (χ3n) is 12.1. The summed E-state index contributed by atoms with van der Waals surface area (Å²) in [4.78, 5) is 26.2. The monoisotopic (exact) mass is 906 g/mol. The molecule has 0 aliphatic heterocycles. The molecular weight excluding hydrogens is 803 g/mol. The molecule has 3 atom stereocenters. The van der Waals surface area contributed by atoms with Crippen molar-refractivity contribution in [1.29, 1.82) is 0 Å². The van der Waals surface area contributed by atoms with Gasteiger partial charge in [0.05, 0.1) is 25.2 Å². The number of hydrogen-bond donors (Lipinski definition) is 3. The van der Waals surface area contributed by atoms with Crippen LogP contribution in [0.25, 0.3) is 0 Å². The topological polar surface area (TPSA) is 95.9 Å². The van der Waals surface area contributed by atoms with E-state index in [0.717, 1.165) is 64.2 Å². The van der Waals surface area contributed by atoms with Crippen molar-refractivity contribution in [2.75, 3.05) is 6.61 Å². The molecule has 0 spiro atoms. The normalized spacial score (nSPS) is 13.9. The molecular formula is C59H103NO5. The van der Waals surface area contributed by atoms with E-state index in [4.69, 9.17) is 4.74 Å². The minimum absolute atomic E-state index is 0.0276. The fourth-order valence-electron chi connectivity index (χ4n) is 7.98. The van der Waals surface area contributed by atoms with Crippen LogP contribution in [-0.2, 0) is 14.3 Å². The molecule has 0 aliphatic rings. The smallest absolute Gasteiger partial charge is 0.306 e. The van der Waals surface area contributed by atoms with Crippen LogP contribution in [0.3, 0.4) is 0 Å². The predicted octanol–water partition coefficient (Wildman–Crippen LogP) is 16.7. The molecule has 65 heavy (non-hydrogen) atoms. The molecule has 0 aromatic rings. The molecule has 0 radical (unpaired) electrons. The zero-order chi connectivity index (χ0) is 47.4. The van der Waals surface area contributed by atoms with E-state index in [1.807, 2.05) is 54.7 Å². The van der Waals surface area contributed by atoms with Crippen molar-refractivity contribution in [2.45, 2.75) is 270 Å². The van der Waals surface area contributed by atoms with E-state index in [1.54, 1.807) is 0 Å². The lowest BCUT2D eigenvalue weighted by molar-refractivity contribution is -0.151. The zero-order valence-corrected chi connectivity index (χ0v) is 42.6. The second kappa shape index (κ2) is 52.0. The second-order valence-corrected chi connectivity index (χ2v) is 18.4. The van der Waals surface area contributed by atoms with Crippen LogP contribution in [0.1, 0.15) is 252 Å². The van der Waals surface area contributed by atoms with Gasteiger partial charge in [-0.25, -0.2) is 0 Å². The summed E-state index contributed by atoms with van der Waals surface area (Å²) in [6.45, 7) is 6.32. The van der Waals surface area contributed by atoms with E-state index < -0.39 is 18.2 Å². The molecule has 0 saturated carbocycles. The highest BCUT2D eigenvalue weighted by Gasteiger charge is 2.24. The van der Waals surface area contributed by atoms with E-state index in [0.29, 0.717) is 19.3 Å². The van der Waals surface area contributed by atoms with Gasteiger partial charge in [-0.1, -0.05) is 260 Å². The van der Waals surface area contributed by atoms with E-state index in [-0.39, 0.29) is 31.3 Å². The number of unbranched alkanes of at least 4 members (excludes halogenated alkanes) is 27. The lowest BCUT2D eigenvalue weighted by Crippen LogP contribution is -2.46. The number of allylic oxidation sites excluding steroid dienone is 14. The second-order valence-electron chi connectivity index (χ2n) is 18.4. The Morgan fingerprint density at radius 3 is 1.29 bits per heavy atom. The van der Waals surface area contributed by atoms with Gasteiger partial charge in [-0.05, 0) is 64.2 Å². The maximum Gasteiger partial charge on any atom is 0.306 e. The number of nitrogens with one attached hydrogen (secondary N) is 1. The molecule has 6 nitrogen and oxygen atoms in total. The van der Waals surface area contributed by atoms with Gasteiger partial charge in [0, 0.05) is 6.42 Å². The van der Waals surface area contributed by atoms with Crippen LogP contribution in [0.2, 0.25) is 0 Å². The van der Waals surface area contributed by atoms with Crippen molar-refractivity contribution in [3.8, 4) is 0 Å². The van der Waals surface area contributed by atoms with Crippen molar-refractivity contribution >= 4 is 11.9 Å². The van der Waals surface area contributed by atoms with E-state index in [2.05, 4.69) is 56.5 Å². The van der Waals surface area contributed by atoms with Crippen LogP contribution >= 0.6 is 0 Å². The summed E-state index contributed by atoms with van der Waals surface area (Å²) in [5.74, 6) is -0.589. The maximum absolute atomic E-state index is 13.2. The third kappa shape index (κ3) is 47.3. The Morgan fingerprint density at radius 1 is 0.462 bits per heavy atom. The van der Waals surface area contributed by atoms with Crippen molar-refractivity contribution in [2.24, 2.45) is 0 Å². The molecule has 3 unspecified atom stereocenters. The number of esters is 1. The number of rotatable bonds is 48. The van der Waals surface area contributed by atoms with E-state index >= 15 is 0 Å². The average molecular weight is 906 g/mol. The van der Waals surface area contributed by atoms with Crippen LogP contribution in [-0.4, -0.2) is 46.9 Å². The van der Waals surface area contributed by atoms with Crippen LogP contribution < -0.4 is 5.32 Å². The molecule has 3 N–H and O–H groups in total. The molecule has 6 heteroatoms. The summed E-state index contributed by atoms with van der Waals surface area (Å²) in [7, 11) is 0. The van der Waals surface area contributed by atoms with Crippen LogP contribution in [0, 0.1) is 0 Å². The highest BCUT2D eigenvalue weighted by Crippen LogP contribution is 2.17. The lowest BCUT2D eigenvalue weighted by atomic mass is 10.0. The van der Waals surface area contributed by atoms with Crippen molar-refractivity contribution < 1.29 is 24.5 Å². The van der Waals surface area contributed by atoms with Gasteiger partial charge in [-0.2, -0.15) is 0 Å². The van der Waals surface area contributed by atoms with Crippen molar-refractivity contribution in [3.05, 3.63) is 85.1 Å². The number of aliphatic hydroxyl groups is 2. The van der Waals surface area contributed by atoms with Gasteiger partial charge >= 0.3 is 5.97 Å². The quantitative estimate of drug-likeness (QED) is 0.0321. The summed E-state index contributed by atoms with van der Waals surface area (Å²) >= 11 is 0. The van der Waals surface area contributed by atoms with Gasteiger partial charge < -0.3 is 20.3 Å². The van der Waals surface area contributed by atoms with Gasteiger partial charge in [0.2, 0.25) is 5.91 Å². The van der Waals surface area contributed by atoms with E-state index in [1.165, 1.54) is 135 Å². The fourth-order valence-corrected chi connectivity index (χ4v) is 7.98. The van der Waals surface area contributed by atoms with Gasteiger partial charge in [0.15, 0.2) is 0 Å². The Balaban J connectivity index is 4.67. The fraction of sp³-hybridized carbons (Fsp3) is 0.729. The zero-order valence-electron chi connectivity index (χ0n) is 42.6. The average Bonchev–Trinajstić information content (AvgIpc) is 3.30. The molecule has 0 fully saturated rings. The minimum atomic E-state index is -0.812. The largest absolute Gasteiger partial charge is 0.462 e. The minimum Gasteiger partial charge on any atom is -0.462 e. The summed E-state index contributed by atoms with van der Waals surface area (Å²) in [5, 5.41) is 23.8. The number of carbonyl (C=O) groups is 2. The molecule has 374 valence electrons. The Hall–Kier alpha value is -2.96. The first-order valence-corrected chi connectivity index (χ1v) is 27.4. The summed E-state index contributed by atoms with van der Waals surface area (Å²) in [5.41, 5.74) is 0. The molecule has 0 saturated heterocycles. The Morgan fingerprint density at radius 2 is 0.831 bits per heavy atom. The van der Waals surface area contributed by atoms with Crippen molar-refractivity contribution in [1.82, 2.24) is 5.32 Å². The number of hydrogen-bond acceptors (Lipinski definition) is 5. The molecule has 0 aromatic carbocycles. The number of aliphatic hydroxyl groups excluding tert-OH is 2. The Bertz CT molecular complexity index is 1250. The first-order valence-electron chi connectivity index (χ1n) is 27.4. The highest BCUT2D eigenvalue weighted by molar-refractivity contribution is 5.77. The number of amides is 1. The van der Waals surface area contributed by atoms with Crippen molar-refractivity contribution in [3.63, 3.8) is 0 Å². The molecule has 1 amide bonds. The van der Waals surface area contributed by atoms with Gasteiger partial charge in [0.1, 0.15) is 6.10 Å². The van der Waals surface area contributed by atoms with Crippen LogP contribution in [0.5, 0.6) is 0 Å². The Labute approximate surface area is 402 Å². The first kappa shape index (κ1) is 62.0. The summed E-state index contributed by atoms with van der Waals surface area (Å²) < 4.78 is 5.89. The number of ether oxygens (including phenoxy) is 1. The maximum atomic E-state index is 13.2. The molecule has 0 aromatic heterocycles. The first-order chi connectivity index (χ1) is 32.0. The SMILES string of the molecule is CC/C=C/C=C/C=C\C=C/C=C/CCCC(=O)OC(CCCCC/C=C/C=C/CCCCCCCCC)CC(=O)NC(CO)C(O)CCCCCCCCCCCCCCCCCCC. The molecule has 0 rings (SSSR count). The predicted molar refractivity (Wildman–Crippen MR) is 282 cm³/mol. The molecule has 0 heterocycles. The highest BCUT2D eigenvalue weighted by atomic mass is 16.5. The molecule has 0 aliphatic carbocycles. The Kier molecular flexibility index (Phi) is 49.6. The summed E-state index contributed by atoms with van der Waals surface area (Å²) in [6, 6.07) is -0.730. The van der Waals surface area contributed by atoms with Crippen LogP contribution in [0.4, 0.5) is 0 Å². The van der Waals surface area contributed by atoms with Gasteiger partial charge in [-0.15, -0.1) is 0 Å².